The Labute approximate surface area is 104 Å². The van der Waals surface area contributed by atoms with Crippen molar-refractivity contribution in [2.45, 2.75) is 40.0 Å². The highest BCUT2D eigenvalue weighted by molar-refractivity contribution is 5.95. The van der Waals surface area contributed by atoms with Gasteiger partial charge in [-0.25, -0.2) is 0 Å². The maximum Gasteiger partial charge on any atom is 0.257 e. The van der Waals surface area contributed by atoms with E-state index in [0.29, 0.717) is 0 Å². The second kappa shape index (κ2) is 6.42. The molecule has 0 N–H and O–H groups in total. The molecule has 0 atom stereocenters. The second-order valence-electron chi connectivity index (χ2n) is 4.45. The number of carbonyl (C=O) groups is 1. The molecule has 0 radical (unpaired) electrons. The highest BCUT2D eigenvalue weighted by Crippen LogP contribution is 2.10. The Hall–Kier alpha value is -1.32. The van der Waals surface area contributed by atoms with E-state index < -0.39 is 0 Å². The molecule has 0 saturated carbocycles. The van der Waals surface area contributed by atoms with Crippen molar-refractivity contribution in [3.05, 3.63) is 17.5 Å². The summed E-state index contributed by atoms with van der Waals surface area (Å²) in [5, 5.41) is 4.22. The van der Waals surface area contributed by atoms with Gasteiger partial charge < -0.3 is 4.90 Å². The molecule has 0 spiro atoms. The van der Waals surface area contributed by atoms with Crippen LogP contribution in [0.25, 0.3) is 0 Å². The molecule has 4 nitrogen and oxygen atoms in total. The van der Waals surface area contributed by atoms with Gasteiger partial charge in [-0.2, -0.15) is 5.10 Å². The molecule has 0 fully saturated rings. The van der Waals surface area contributed by atoms with E-state index in [-0.39, 0.29) is 5.91 Å². The highest BCUT2D eigenvalue weighted by Gasteiger charge is 2.18. The molecule has 0 bridgehead atoms. The van der Waals surface area contributed by atoms with Crippen LogP contribution in [0.3, 0.4) is 0 Å². The summed E-state index contributed by atoms with van der Waals surface area (Å²) in [6.07, 6.45) is 4.98. The fourth-order valence-corrected chi connectivity index (χ4v) is 1.91. The fraction of sp³-hybridized carbons (Fsp3) is 0.692. The lowest BCUT2D eigenvalue weighted by atomic mass is 10.2. The minimum atomic E-state index is 0.117. The lowest BCUT2D eigenvalue weighted by molar-refractivity contribution is 0.0752. The highest BCUT2D eigenvalue weighted by atomic mass is 16.2. The quantitative estimate of drug-likeness (QED) is 0.762. The van der Waals surface area contributed by atoms with Crippen LogP contribution in [-0.4, -0.2) is 33.7 Å². The van der Waals surface area contributed by atoms with Crippen LogP contribution in [0.2, 0.25) is 0 Å². The van der Waals surface area contributed by atoms with Crippen LogP contribution in [0, 0.1) is 6.92 Å². The number of nitrogens with zero attached hydrogens (tertiary/aromatic N) is 3. The molecule has 0 aliphatic carbocycles. The molecule has 17 heavy (non-hydrogen) atoms. The second-order valence-corrected chi connectivity index (χ2v) is 4.45. The Kier molecular flexibility index (Phi) is 5.19. The Bertz CT molecular complexity index is 371. The zero-order valence-electron chi connectivity index (χ0n) is 11.4. The molecule has 1 heterocycles. The predicted molar refractivity (Wildman–Crippen MR) is 69.0 cm³/mol. The Balaban J connectivity index is 2.79. The van der Waals surface area contributed by atoms with Crippen LogP contribution >= 0.6 is 0 Å². The van der Waals surface area contributed by atoms with Crippen molar-refractivity contribution < 1.29 is 4.79 Å². The molecule has 1 amide bonds. The number of hydrogen-bond donors (Lipinski definition) is 0. The van der Waals surface area contributed by atoms with Gasteiger partial charge in [-0.3, -0.25) is 9.48 Å². The molecule has 0 aliphatic heterocycles. The van der Waals surface area contributed by atoms with E-state index in [4.69, 9.17) is 0 Å². The minimum absolute atomic E-state index is 0.117. The SMILES string of the molecule is CCCCN(CCC)C(=O)c1cn(C)nc1C. The molecule has 96 valence electrons. The van der Waals surface area contributed by atoms with Gasteiger partial charge >= 0.3 is 0 Å². The maximum absolute atomic E-state index is 12.3. The first-order valence-corrected chi connectivity index (χ1v) is 6.39. The van der Waals surface area contributed by atoms with E-state index in [0.717, 1.165) is 43.6 Å². The van der Waals surface area contributed by atoms with Gasteiger partial charge in [-0.05, 0) is 19.8 Å². The molecule has 1 rings (SSSR count). The third-order valence-electron chi connectivity index (χ3n) is 2.81. The fourth-order valence-electron chi connectivity index (χ4n) is 1.91. The summed E-state index contributed by atoms with van der Waals surface area (Å²) in [4.78, 5) is 14.3. The van der Waals surface area contributed by atoms with Crippen molar-refractivity contribution in [3.8, 4) is 0 Å². The van der Waals surface area contributed by atoms with E-state index in [9.17, 15) is 4.79 Å². The third-order valence-corrected chi connectivity index (χ3v) is 2.81. The first-order valence-electron chi connectivity index (χ1n) is 6.39. The van der Waals surface area contributed by atoms with E-state index in [1.807, 2.05) is 25.1 Å². The first kappa shape index (κ1) is 13.7. The Morgan fingerprint density at radius 3 is 2.53 bits per heavy atom. The molecule has 0 aromatic carbocycles. The van der Waals surface area contributed by atoms with Gasteiger partial charge in [0.1, 0.15) is 0 Å². The van der Waals surface area contributed by atoms with Crippen molar-refractivity contribution in [3.63, 3.8) is 0 Å². The lowest BCUT2D eigenvalue weighted by Gasteiger charge is -2.21. The van der Waals surface area contributed by atoms with Crippen LogP contribution in [0.4, 0.5) is 0 Å². The lowest BCUT2D eigenvalue weighted by Crippen LogP contribution is -2.32. The van der Waals surface area contributed by atoms with Crippen molar-refractivity contribution >= 4 is 5.91 Å². The van der Waals surface area contributed by atoms with Gasteiger partial charge in [0.2, 0.25) is 0 Å². The topological polar surface area (TPSA) is 38.1 Å². The summed E-state index contributed by atoms with van der Waals surface area (Å²) in [5.41, 5.74) is 1.55. The zero-order valence-corrected chi connectivity index (χ0v) is 11.4. The summed E-state index contributed by atoms with van der Waals surface area (Å²) in [6, 6.07) is 0. The number of carbonyl (C=O) groups excluding carboxylic acids is 1. The minimum Gasteiger partial charge on any atom is -0.339 e. The number of amides is 1. The zero-order chi connectivity index (χ0) is 12.8. The van der Waals surface area contributed by atoms with Crippen LogP contribution in [0.1, 0.15) is 49.2 Å². The molecular weight excluding hydrogens is 214 g/mol. The predicted octanol–water partition coefficient (Wildman–Crippen LogP) is 2.38. The van der Waals surface area contributed by atoms with Gasteiger partial charge in [0.05, 0.1) is 11.3 Å². The Morgan fingerprint density at radius 2 is 2.06 bits per heavy atom. The summed E-state index contributed by atoms with van der Waals surface area (Å²) < 4.78 is 1.70. The van der Waals surface area contributed by atoms with Gasteiger partial charge in [0, 0.05) is 26.3 Å². The van der Waals surface area contributed by atoms with Gasteiger partial charge in [0.15, 0.2) is 0 Å². The molecule has 0 saturated heterocycles. The van der Waals surface area contributed by atoms with E-state index in [1.165, 1.54) is 0 Å². The number of aryl methyl sites for hydroxylation is 2. The van der Waals surface area contributed by atoms with Crippen LogP contribution in [-0.2, 0) is 7.05 Å². The van der Waals surface area contributed by atoms with Gasteiger partial charge in [-0.1, -0.05) is 20.3 Å². The Morgan fingerprint density at radius 1 is 1.35 bits per heavy atom. The van der Waals surface area contributed by atoms with Crippen LogP contribution < -0.4 is 0 Å². The van der Waals surface area contributed by atoms with Crippen molar-refractivity contribution in [2.24, 2.45) is 7.05 Å². The summed E-state index contributed by atoms with van der Waals surface area (Å²) in [5.74, 6) is 0.117. The van der Waals surface area contributed by atoms with Crippen LogP contribution in [0.15, 0.2) is 6.20 Å². The molecule has 0 unspecified atom stereocenters. The number of rotatable bonds is 6. The van der Waals surface area contributed by atoms with E-state index in [1.54, 1.807) is 4.68 Å². The standard InChI is InChI=1S/C13H23N3O/c1-5-7-9-16(8-6-2)13(17)12-10-15(4)14-11(12)3/h10H,5-9H2,1-4H3. The summed E-state index contributed by atoms with van der Waals surface area (Å²) in [7, 11) is 1.85. The molecule has 1 aromatic heterocycles. The van der Waals surface area contributed by atoms with Gasteiger partial charge in [-0.15, -0.1) is 0 Å². The molecule has 0 aliphatic rings. The summed E-state index contributed by atoms with van der Waals surface area (Å²) >= 11 is 0. The van der Waals surface area contributed by atoms with Crippen molar-refractivity contribution in [1.82, 2.24) is 14.7 Å². The third kappa shape index (κ3) is 3.58. The average molecular weight is 237 g/mol. The number of aromatic nitrogens is 2. The summed E-state index contributed by atoms with van der Waals surface area (Å²) in [6.45, 7) is 7.80. The van der Waals surface area contributed by atoms with E-state index >= 15 is 0 Å². The van der Waals surface area contributed by atoms with Crippen molar-refractivity contribution in [1.29, 1.82) is 0 Å². The largest absolute Gasteiger partial charge is 0.339 e. The molecule has 4 heteroatoms. The molecular formula is C13H23N3O. The normalized spacial score (nSPS) is 10.6. The molecule has 1 aromatic rings. The van der Waals surface area contributed by atoms with Gasteiger partial charge in [0.25, 0.3) is 5.91 Å². The average Bonchev–Trinajstić information content (AvgIpc) is 2.63. The smallest absolute Gasteiger partial charge is 0.257 e. The first-order chi connectivity index (χ1) is 8.10. The maximum atomic E-state index is 12.3. The van der Waals surface area contributed by atoms with E-state index in [2.05, 4.69) is 18.9 Å². The number of unbranched alkanes of at least 4 members (excludes halogenated alkanes) is 1. The number of hydrogen-bond acceptors (Lipinski definition) is 2. The monoisotopic (exact) mass is 237 g/mol. The van der Waals surface area contributed by atoms with Crippen LogP contribution in [0.5, 0.6) is 0 Å². The van der Waals surface area contributed by atoms with Crippen molar-refractivity contribution in [2.75, 3.05) is 13.1 Å².